The molecule has 1 aromatic rings. The second kappa shape index (κ2) is 5.39. The van der Waals surface area contributed by atoms with E-state index in [0.29, 0.717) is 6.42 Å². The van der Waals surface area contributed by atoms with E-state index in [1.165, 1.54) is 10.5 Å². The number of rotatable bonds is 4. The first-order valence-electron chi connectivity index (χ1n) is 5.46. The van der Waals surface area contributed by atoms with Crippen LogP contribution >= 0.6 is 11.8 Å². The van der Waals surface area contributed by atoms with Gasteiger partial charge in [0.05, 0.1) is 5.84 Å². The van der Waals surface area contributed by atoms with Gasteiger partial charge in [-0.2, -0.15) is 0 Å². The van der Waals surface area contributed by atoms with E-state index in [1.807, 2.05) is 0 Å². The van der Waals surface area contributed by atoms with Gasteiger partial charge in [-0.25, -0.2) is 0 Å². The molecule has 16 heavy (non-hydrogen) atoms. The maximum atomic E-state index is 7.14. The van der Waals surface area contributed by atoms with Gasteiger partial charge >= 0.3 is 0 Å². The van der Waals surface area contributed by atoms with Gasteiger partial charge in [-0.1, -0.05) is 32.9 Å². The molecule has 1 aromatic carbocycles. The maximum absolute atomic E-state index is 7.14. The van der Waals surface area contributed by atoms with Crippen LogP contribution in [0.25, 0.3) is 0 Å². The summed E-state index contributed by atoms with van der Waals surface area (Å²) in [6.45, 7) is 6.64. The number of benzene rings is 1. The predicted molar refractivity (Wildman–Crippen MR) is 72.4 cm³/mol. The normalized spacial score (nSPS) is 11.4. The average Bonchev–Trinajstić information content (AvgIpc) is 2.16. The van der Waals surface area contributed by atoms with E-state index < -0.39 is 0 Å². The third-order valence-electron chi connectivity index (χ3n) is 2.36. The summed E-state index contributed by atoms with van der Waals surface area (Å²) >= 11 is 1.75. The van der Waals surface area contributed by atoms with Crippen molar-refractivity contribution in [3.8, 4) is 0 Å². The van der Waals surface area contributed by atoms with Crippen LogP contribution in [0.15, 0.2) is 29.2 Å². The smallest absolute Gasteiger partial charge is 0.0913 e. The molecule has 2 nitrogen and oxygen atoms in total. The Morgan fingerprint density at radius 1 is 1.25 bits per heavy atom. The minimum atomic E-state index is 0.211. The highest BCUT2D eigenvalue weighted by atomic mass is 32.2. The molecule has 0 saturated carbocycles. The summed E-state index contributed by atoms with van der Waals surface area (Å²) in [4.78, 5) is 1.24. The van der Waals surface area contributed by atoms with Gasteiger partial charge in [-0.15, -0.1) is 11.8 Å². The molecule has 0 radical (unpaired) electrons. The molecule has 0 aromatic heterocycles. The van der Waals surface area contributed by atoms with Crippen LogP contribution in [0.1, 0.15) is 32.8 Å². The lowest BCUT2D eigenvalue weighted by Crippen LogP contribution is -2.10. The van der Waals surface area contributed by atoms with Gasteiger partial charge < -0.3 is 5.73 Å². The molecule has 0 saturated heterocycles. The number of nitrogens with one attached hydrogen (secondary N) is 1. The van der Waals surface area contributed by atoms with Crippen LogP contribution in [0.5, 0.6) is 0 Å². The van der Waals surface area contributed by atoms with Crippen molar-refractivity contribution in [3.05, 3.63) is 29.8 Å². The summed E-state index contributed by atoms with van der Waals surface area (Å²) in [6, 6.07) is 8.64. The fraction of sp³-hybridized carbons (Fsp3) is 0.462. The summed E-state index contributed by atoms with van der Waals surface area (Å²) in [6.07, 6.45) is 0.658. The fourth-order valence-corrected chi connectivity index (χ4v) is 2.22. The average molecular weight is 236 g/mol. The van der Waals surface area contributed by atoms with E-state index >= 15 is 0 Å². The molecule has 1 rings (SSSR count). The molecule has 3 N–H and O–H groups in total. The lowest BCUT2D eigenvalue weighted by atomic mass is 9.87. The first kappa shape index (κ1) is 13.1. The molecule has 0 aliphatic rings. The van der Waals surface area contributed by atoms with Crippen LogP contribution in [0.2, 0.25) is 0 Å². The number of hydrogen-bond donors (Lipinski definition) is 2. The Morgan fingerprint density at radius 2 is 1.81 bits per heavy atom. The topological polar surface area (TPSA) is 49.9 Å². The summed E-state index contributed by atoms with van der Waals surface area (Å²) < 4.78 is 0. The molecule has 0 unspecified atom stereocenters. The lowest BCUT2D eigenvalue weighted by Gasteiger charge is -2.19. The third-order valence-corrected chi connectivity index (χ3v) is 3.37. The highest BCUT2D eigenvalue weighted by molar-refractivity contribution is 7.99. The lowest BCUT2D eigenvalue weighted by molar-refractivity contribution is 0.590. The molecule has 0 spiro atoms. The molecule has 3 heteroatoms. The summed E-state index contributed by atoms with van der Waals surface area (Å²) in [7, 11) is 0. The van der Waals surface area contributed by atoms with Crippen LogP contribution in [-0.2, 0) is 5.41 Å². The van der Waals surface area contributed by atoms with E-state index in [9.17, 15) is 0 Å². The number of hydrogen-bond acceptors (Lipinski definition) is 2. The summed E-state index contributed by atoms with van der Waals surface area (Å²) in [5.41, 5.74) is 6.87. The number of thioether (sulfide) groups is 1. The van der Waals surface area contributed by atoms with Gasteiger partial charge in [0.1, 0.15) is 0 Å². The van der Waals surface area contributed by atoms with Crippen molar-refractivity contribution in [1.29, 1.82) is 5.41 Å². The Bertz CT molecular complexity index is 349. The quantitative estimate of drug-likeness (QED) is 0.478. The largest absolute Gasteiger partial charge is 0.388 e. The first-order valence-corrected chi connectivity index (χ1v) is 6.44. The monoisotopic (exact) mass is 236 g/mol. The third kappa shape index (κ3) is 4.27. The van der Waals surface area contributed by atoms with Crippen molar-refractivity contribution in [1.82, 2.24) is 0 Å². The maximum Gasteiger partial charge on any atom is 0.0913 e. The van der Waals surface area contributed by atoms with Crippen LogP contribution in [0.4, 0.5) is 0 Å². The molecule has 0 atom stereocenters. The Balaban J connectivity index is 2.55. The standard InChI is InChI=1S/C13H20N2S/c1-13(2,3)10-4-6-11(7-5-10)16-9-8-12(14)15/h4-7H,8-9H2,1-3H3,(H3,14,15). The molecule has 0 amide bonds. The summed E-state index contributed by atoms with van der Waals surface area (Å²) in [5, 5.41) is 7.14. The molecular formula is C13H20N2S. The van der Waals surface area contributed by atoms with E-state index in [0.717, 1.165) is 5.75 Å². The van der Waals surface area contributed by atoms with Gasteiger partial charge in [0, 0.05) is 17.1 Å². The van der Waals surface area contributed by atoms with Crippen molar-refractivity contribution >= 4 is 17.6 Å². The molecule has 0 fully saturated rings. The van der Waals surface area contributed by atoms with Crippen molar-refractivity contribution in [2.75, 3.05) is 5.75 Å². The van der Waals surface area contributed by atoms with E-state index in [1.54, 1.807) is 11.8 Å². The van der Waals surface area contributed by atoms with Crippen molar-refractivity contribution in [2.45, 2.75) is 37.5 Å². The zero-order chi connectivity index (χ0) is 12.2. The number of nitrogens with two attached hydrogens (primary N) is 1. The van der Waals surface area contributed by atoms with E-state index in [4.69, 9.17) is 11.1 Å². The Morgan fingerprint density at radius 3 is 2.25 bits per heavy atom. The Hall–Kier alpha value is -0.960. The second-order valence-corrected chi connectivity index (χ2v) is 6.07. The highest BCUT2D eigenvalue weighted by Gasteiger charge is 2.12. The van der Waals surface area contributed by atoms with Crippen molar-refractivity contribution in [3.63, 3.8) is 0 Å². The molecule has 0 aliphatic carbocycles. The van der Waals surface area contributed by atoms with Crippen LogP contribution < -0.4 is 5.73 Å². The van der Waals surface area contributed by atoms with Crippen molar-refractivity contribution < 1.29 is 0 Å². The number of amidine groups is 1. The molecule has 88 valence electrons. The Labute approximate surface area is 102 Å². The van der Waals surface area contributed by atoms with Crippen molar-refractivity contribution in [2.24, 2.45) is 5.73 Å². The van der Waals surface area contributed by atoms with Gasteiger partial charge in [0.2, 0.25) is 0 Å². The van der Waals surface area contributed by atoms with Gasteiger partial charge in [-0.05, 0) is 23.1 Å². The minimum absolute atomic E-state index is 0.211. The minimum Gasteiger partial charge on any atom is -0.388 e. The van der Waals surface area contributed by atoms with Gasteiger partial charge in [-0.3, -0.25) is 5.41 Å². The van der Waals surface area contributed by atoms with E-state index in [2.05, 4.69) is 45.0 Å². The Kier molecular flexibility index (Phi) is 4.42. The molecule has 0 aliphatic heterocycles. The second-order valence-electron chi connectivity index (χ2n) is 4.90. The van der Waals surface area contributed by atoms with E-state index in [-0.39, 0.29) is 11.3 Å². The predicted octanol–water partition coefficient (Wildman–Crippen LogP) is 3.40. The molecule has 0 bridgehead atoms. The fourth-order valence-electron chi connectivity index (χ4n) is 1.33. The first-order chi connectivity index (χ1) is 7.39. The zero-order valence-corrected chi connectivity index (χ0v) is 11.0. The van der Waals surface area contributed by atoms with Gasteiger partial charge in [0.25, 0.3) is 0 Å². The molecular weight excluding hydrogens is 216 g/mol. The highest BCUT2D eigenvalue weighted by Crippen LogP contribution is 2.25. The van der Waals surface area contributed by atoms with Gasteiger partial charge in [0.15, 0.2) is 0 Å². The SMILES string of the molecule is CC(C)(C)c1ccc(SCCC(=N)N)cc1. The molecule has 0 heterocycles. The van der Waals surface area contributed by atoms with Crippen LogP contribution in [0, 0.1) is 5.41 Å². The van der Waals surface area contributed by atoms with Crippen LogP contribution in [-0.4, -0.2) is 11.6 Å². The van der Waals surface area contributed by atoms with Crippen LogP contribution in [0.3, 0.4) is 0 Å². The zero-order valence-electron chi connectivity index (χ0n) is 10.2. The summed E-state index contributed by atoms with van der Waals surface area (Å²) in [5.74, 6) is 1.14.